The molecule has 43 heavy (non-hydrogen) atoms. The van der Waals surface area contributed by atoms with Crippen LogP contribution in [0.4, 0.5) is 25.1 Å². The number of aryl methyl sites for hydroxylation is 1. The number of aliphatic hydroxyl groups is 1. The van der Waals surface area contributed by atoms with Gasteiger partial charge in [0, 0.05) is 24.8 Å². The van der Waals surface area contributed by atoms with E-state index in [4.69, 9.17) is 15.6 Å². The number of anilines is 2. The SMILES string of the molecule is Cc1cc(NC(=O)C(O)c2cc(F)cc(F)c2)ccc1-n1nc(C2=CCN(C(=O)OC(C)(C)C)CC2)c2ncnc(N)c21. The fraction of sp³-hybridized carbons (Fsp3) is 0.300. The Morgan fingerprint density at radius 3 is 2.47 bits per heavy atom. The molecule has 2 aromatic carbocycles. The molecule has 0 radical (unpaired) electrons. The van der Waals surface area contributed by atoms with Crippen LogP contribution in [0.2, 0.25) is 0 Å². The number of rotatable bonds is 5. The molecule has 4 aromatic rings. The first-order valence-corrected chi connectivity index (χ1v) is 13.5. The Balaban J connectivity index is 1.41. The number of hydrogen-bond donors (Lipinski definition) is 3. The second kappa shape index (κ2) is 11.4. The summed E-state index contributed by atoms with van der Waals surface area (Å²) < 4.78 is 34.3. The minimum absolute atomic E-state index is 0.208. The van der Waals surface area contributed by atoms with Crippen molar-refractivity contribution in [2.75, 3.05) is 24.1 Å². The Bertz CT molecular complexity index is 1740. The number of hydrogen-bond acceptors (Lipinski definition) is 8. The number of nitrogen functional groups attached to an aromatic ring is 1. The second-order valence-electron chi connectivity index (χ2n) is 11.2. The summed E-state index contributed by atoms with van der Waals surface area (Å²) >= 11 is 0. The number of fused-ring (bicyclic) bond motifs is 1. The van der Waals surface area contributed by atoms with Crippen LogP contribution in [0.3, 0.4) is 0 Å². The molecular formula is C30H31F2N7O4. The van der Waals surface area contributed by atoms with Crippen molar-refractivity contribution in [1.82, 2.24) is 24.6 Å². The molecule has 13 heteroatoms. The highest BCUT2D eigenvalue weighted by Gasteiger charge is 2.27. The molecule has 2 aromatic heterocycles. The van der Waals surface area contributed by atoms with E-state index in [1.807, 2.05) is 26.8 Å². The van der Waals surface area contributed by atoms with Crippen LogP contribution in [0, 0.1) is 18.6 Å². The first-order chi connectivity index (χ1) is 20.3. The monoisotopic (exact) mass is 591 g/mol. The number of carbonyl (C=O) groups is 2. The van der Waals surface area contributed by atoms with Gasteiger partial charge < -0.3 is 25.8 Å². The quantitative estimate of drug-likeness (QED) is 0.303. The topological polar surface area (TPSA) is 148 Å². The number of nitrogens with two attached hydrogens (primary N) is 1. The third kappa shape index (κ3) is 6.31. The highest BCUT2D eigenvalue weighted by Crippen LogP contribution is 2.32. The molecule has 0 fully saturated rings. The first-order valence-electron chi connectivity index (χ1n) is 13.5. The van der Waals surface area contributed by atoms with E-state index in [0.29, 0.717) is 59.2 Å². The molecule has 1 atom stereocenters. The Kier molecular flexibility index (Phi) is 7.84. The van der Waals surface area contributed by atoms with Crippen molar-refractivity contribution < 1.29 is 28.2 Å². The number of aliphatic hydroxyl groups excluding tert-OH is 1. The fourth-order valence-electron chi connectivity index (χ4n) is 4.80. The summed E-state index contributed by atoms with van der Waals surface area (Å²) in [5.74, 6) is -2.44. The van der Waals surface area contributed by atoms with E-state index in [0.717, 1.165) is 17.7 Å². The normalized spacial score (nSPS) is 14.4. The van der Waals surface area contributed by atoms with Crippen molar-refractivity contribution in [3.63, 3.8) is 0 Å². The van der Waals surface area contributed by atoms with Gasteiger partial charge in [0.15, 0.2) is 11.9 Å². The molecule has 11 nitrogen and oxygen atoms in total. The molecule has 4 N–H and O–H groups in total. The lowest BCUT2D eigenvalue weighted by molar-refractivity contribution is -0.124. The standard InChI is InChI=1S/C30H31F2N7O4/c1-16-11-21(36-28(41)26(40)18-12-19(31)14-20(32)13-18)5-6-22(16)39-25-24(34-15-35-27(25)33)23(37-39)17-7-9-38(10-8-17)29(42)43-30(2,3)4/h5-7,11-15,26,40H,8-10H2,1-4H3,(H,36,41)(H2,33,34,35). The smallest absolute Gasteiger partial charge is 0.410 e. The van der Waals surface area contributed by atoms with Crippen molar-refractivity contribution in [3.05, 3.63) is 77.3 Å². The van der Waals surface area contributed by atoms with Gasteiger partial charge in [-0.15, -0.1) is 0 Å². The molecule has 1 unspecified atom stereocenters. The summed E-state index contributed by atoms with van der Waals surface area (Å²) in [6.45, 7) is 8.05. The minimum Gasteiger partial charge on any atom is -0.444 e. The Labute approximate surface area is 246 Å². The van der Waals surface area contributed by atoms with Crippen molar-refractivity contribution in [2.24, 2.45) is 0 Å². The summed E-state index contributed by atoms with van der Waals surface area (Å²) in [4.78, 5) is 35.4. The maximum atomic E-state index is 13.6. The first kappa shape index (κ1) is 29.6. The molecule has 0 aliphatic carbocycles. The summed E-state index contributed by atoms with van der Waals surface area (Å²) in [5, 5.41) is 17.8. The summed E-state index contributed by atoms with van der Waals surface area (Å²) in [6, 6.07) is 7.42. The van der Waals surface area contributed by atoms with Gasteiger partial charge >= 0.3 is 6.09 Å². The molecule has 3 heterocycles. The Hall–Kier alpha value is -4.91. The Morgan fingerprint density at radius 1 is 1.12 bits per heavy atom. The fourth-order valence-corrected chi connectivity index (χ4v) is 4.80. The molecule has 224 valence electrons. The molecule has 1 aliphatic rings. The molecule has 0 bridgehead atoms. The van der Waals surface area contributed by atoms with Crippen molar-refractivity contribution in [2.45, 2.75) is 45.8 Å². The van der Waals surface area contributed by atoms with Gasteiger partial charge in [-0.25, -0.2) is 28.2 Å². The molecular weight excluding hydrogens is 560 g/mol. The lowest BCUT2D eigenvalue weighted by Gasteiger charge is -2.29. The molecule has 0 saturated heterocycles. The molecule has 2 amide bonds. The summed E-state index contributed by atoms with van der Waals surface area (Å²) in [6.07, 6.45) is 1.64. The molecule has 0 saturated carbocycles. The highest BCUT2D eigenvalue weighted by molar-refractivity contribution is 5.96. The van der Waals surface area contributed by atoms with Crippen molar-refractivity contribution in [3.8, 4) is 5.69 Å². The minimum atomic E-state index is -1.78. The number of nitrogens with zero attached hydrogens (tertiary/aromatic N) is 5. The van der Waals surface area contributed by atoms with Gasteiger partial charge in [0.25, 0.3) is 5.91 Å². The number of amides is 2. The van der Waals surface area contributed by atoms with E-state index in [9.17, 15) is 23.5 Å². The highest BCUT2D eigenvalue weighted by atomic mass is 19.1. The van der Waals surface area contributed by atoms with E-state index < -0.39 is 29.2 Å². The Morgan fingerprint density at radius 2 is 1.84 bits per heavy atom. The van der Waals surface area contributed by atoms with E-state index in [1.54, 1.807) is 34.7 Å². The lowest BCUT2D eigenvalue weighted by atomic mass is 10.0. The zero-order chi connectivity index (χ0) is 31.1. The number of halogens is 2. The van der Waals surface area contributed by atoms with Crippen molar-refractivity contribution >= 4 is 40.1 Å². The summed E-state index contributed by atoms with van der Waals surface area (Å²) in [7, 11) is 0. The van der Waals surface area contributed by atoms with Crippen LogP contribution >= 0.6 is 0 Å². The van der Waals surface area contributed by atoms with E-state index in [1.165, 1.54) is 6.33 Å². The van der Waals surface area contributed by atoms with Gasteiger partial charge in [0.1, 0.15) is 40.3 Å². The third-order valence-corrected chi connectivity index (χ3v) is 6.79. The average Bonchev–Trinajstić information content (AvgIpc) is 3.32. The van der Waals surface area contributed by atoms with Gasteiger partial charge in [-0.3, -0.25) is 4.79 Å². The maximum Gasteiger partial charge on any atom is 0.410 e. The molecule has 1 aliphatic heterocycles. The lowest BCUT2D eigenvalue weighted by Crippen LogP contribution is -2.39. The molecule has 0 spiro atoms. The van der Waals surface area contributed by atoms with Crippen LogP contribution in [-0.4, -0.2) is 60.4 Å². The second-order valence-corrected chi connectivity index (χ2v) is 11.2. The van der Waals surface area contributed by atoms with Gasteiger partial charge in [0.05, 0.1) is 5.69 Å². The van der Waals surface area contributed by atoms with Crippen LogP contribution in [0.25, 0.3) is 22.3 Å². The van der Waals surface area contributed by atoms with Gasteiger partial charge in [0.2, 0.25) is 0 Å². The molecule has 5 rings (SSSR count). The van der Waals surface area contributed by atoms with E-state index in [-0.39, 0.29) is 17.5 Å². The zero-order valence-electron chi connectivity index (χ0n) is 24.1. The number of carbonyl (C=O) groups excluding carboxylic acids is 2. The number of ether oxygens (including phenoxy) is 1. The summed E-state index contributed by atoms with van der Waals surface area (Å²) in [5.41, 5.74) is 9.69. The van der Waals surface area contributed by atoms with Gasteiger partial charge in [-0.1, -0.05) is 6.08 Å². The third-order valence-electron chi connectivity index (χ3n) is 6.79. The van der Waals surface area contributed by atoms with Crippen LogP contribution in [0.1, 0.15) is 50.1 Å². The van der Waals surface area contributed by atoms with Gasteiger partial charge in [-0.05, 0) is 81.1 Å². The van der Waals surface area contributed by atoms with E-state index >= 15 is 0 Å². The van der Waals surface area contributed by atoms with Crippen LogP contribution < -0.4 is 11.1 Å². The van der Waals surface area contributed by atoms with Crippen LogP contribution in [0.15, 0.2) is 48.8 Å². The largest absolute Gasteiger partial charge is 0.444 e. The zero-order valence-corrected chi connectivity index (χ0v) is 24.1. The van der Waals surface area contributed by atoms with Gasteiger partial charge in [-0.2, -0.15) is 5.10 Å². The predicted molar refractivity (Wildman–Crippen MR) is 156 cm³/mol. The van der Waals surface area contributed by atoms with Crippen LogP contribution in [-0.2, 0) is 9.53 Å². The van der Waals surface area contributed by atoms with Crippen LogP contribution in [0.5, 0.6) is 0 Å². The number of nitrogens with one attached hydrogen (secondary N) is 1. The predicted octanol–water partition coefficient (Wildman–Crippen LogP) is 4.68. The maximum absolute atomic E-state index is 13.6. The van der Waals surface area contributed by atoms with E-state index in [2.05, 4.69) is 15.3 Å². The average molecular weight is 592 g/mol. The number of benzene rings is 2. The van der Waals surface area contributed by atoms with Crippen molar-refractivity contribution in [1.29, 1.82) is 0 Å². The number of aromatic nitrogens is 4.